The minimum Gasteiger partial charge on any atom is -0.453 e. The fourth-order valence-corrected chi connectivity index (χ4v) is 9.30. The van der Waals surface area contributed by atoms with Gasteiger partial charge in [0.15, 0.2) is 11.5 Å². The molecule has 3 atom stereocenters. The number of carbonyl (C=O) groups excluding carboxylic acids is 1. The van der Waals surface area contributed by atoms with Crippen LogP contribution in [0.1, 0.15) is 48.8 Å². The smallest absolute Gasteiger partial charge is 0.407 e. The van der Waals surface area contributed by atoms with Gasteiger partial charge in [-0.25, -0.2) is 18.0 Å². The summed E-state index contributed by atoms with van der Waals surface area (Å²) in [5.74, 6) is -0.496. The van der Waals surface area contributed by atoms with Crippen molar-refractivity contribution in [2.45, 2.75) is 55.8 Å². The number of anilines is 1. The topological polar surface area (TPSA) is 84.3 Å². The van der Waals surface area contributed by atoms with Crippen LogP contribution < -0.4 is 10.2 Å². The zero-order valence-corrected chi connectivity index (χ0v) is 29.6. The van der Waals surface area contributed by atoms with Gasteiger partial charge in [0.1, 0.15) is 5.82 Å². The molecular weight excluding hydrogens is 645 g/mol. The van der Waals surface area contributed by atoms with Crippen molar-refractivity contribution in [2.24, 2.45) is 11.8 Å². The van der Waals surface area contributed by atoms with Crippen molar-refractivity contribution in [2.75, 3.05) is 91.7 Å². The number of rotatable bonds is 11. The molecule has 4 fully saturated rings. The SMILES string of the molecule is COC(=O)N[C@H]1CCC[C@@H]1[C@](CN1CCOCC1)(c1cccc(F)c1)C1CCN(CC2(F)CN(c3ccc(C#N)c(CN(C)C)c3F)C2)CC1. The molecule has 1 amide bonds. The lowest BCUT2D eigenvalue weighted by Crippen LogP contribution is -2.65. The number of methoxy groups -OCH3 is 1. The molecule has 0 bridgehead atoms. The Kier molecular flexibility index (Phi) is 11.3. The van der Waals surface area contributed by atoms with Gasteiger partial charge in [-0.1, -0.05) is 18.6 Å². The van der Waals surface area contributed by atoms with Crippen molar-refractivity contribution in [3.8, 4) is 6.07 Å². The number of nitriles is 1. The van der Waals surface area contributed by atoms with Gasteiger partial charge in [-0.3, -0.25) is 9.80 Å². The van der Waals surface area contributed by atoms with Crippen LogP contribution in [0.5, 0.6) is 0 Å². The molecule has 3 aliphatic heterocycles. The first-order valence-corrected chi connectivity index (χ1v) is 18.0. The number of likely N-dealkylation sites (tertiary alicyclic amines) is 1. The van der Waals surface area contributed by atoms with Crippen molar-refractivity contribution in [3.05, 3.63) is 64.7 Å². The van der Waals surface area contributed by atoms with E-state index in [1.165, 1.54) is 13.2 Å². The highest BCUT2D eigenvalue weighted by Crippen LogP contribution is 2.51. The predicted molar refractivity (Wildman–Crippen MR) is 186 cm³/mol. The molecule has 50 heavy (non-hydrogen) atoms. The van der Waals surface area contributed by atoms with E-state index < -0.39 is 23.0 Å². The third-order valence-electron chi connectivity index (χ3n) is 11.5. The van der Waals surface area contributed by atoms with E-state index in [2.05, 4.69) is 27.3 Å². The molecule has 6 rings (SSSR count). The van der Waals surface area contributed by atoms with Crippen LogP contribution in [0, 0.1) is 34.8 Å². The van der Waals surface area contributed by atoms with Gasteiger partial charge >= 0.3 is 6.09 Å². The lowest BCUT2D eigenvalue weighted by Gasteiger charge is -2.53. The molecule has 4 aliphatic rings. The first-order chi connectivity index (χ1) is 24.0. The molecule has 272 valence electrons. The summed E-state index contributed by atoms with van der Waals surface area (Å²) in [7, 11) is 5.02. The third kappa shape index (κ3) is 7.61. The van der Waals surface area contributed by atoms with Gasteiger partial charge in [-0.2, -0.15) is 5.26 Å². The van der Waals surface area contributed by atoms with Crippen LogP contribution in [0.4, 0.5) is 23.7 Å². The van der Waals surface area contributed by atoms with Gasteiger partial charge in [0.05, 0.1) is 50.7 Å². The molecule has 0 spiro atoms. The number of amides is 1. The summed E-state index contributed by atoms with van der Waals surface area (Å²) >= 11 is 0. The molecule has 0 radical (unpaired) electrons. The Bertz CT molecular complexity index is 1530. The Morgan fingerprint density at radius 2 is 1.82 bits per heavy atom. The minimum atomic E-state index is -1.48. The monoisotopic (exact) mass is 696 g/mol. The molecule has 9 nitrogen and oxygen atoms in total. The molecule has 2 aromatic carbocycles. The van der Waals surface area contributed by atoms with E-state index in [0.29, 0.717) is 43.1 Å². The number of carbonyl (C=O) groups is 1. The first kappa shape index (κ1) is 36.4. The lowest BCUT2D eigenvalue weighted by molar-refractivity contribution is -0.0124. The maximum atomic E-state index is 16.2. The van der Waals surface area contributed by atoms with Crippen molar-refractivity contribution in [1.82, 2.24) is 20.0 Å². The van der Waals surface area contributed by atoms with Crippen LogP contribution >= 0.6 is 0 Å². The van der Waals surface area contributed by atoms with E-state index in [-0.39, 0.29) is 49.9 Å². The summed E-state index contributed by atoms with van der Waals surface area (Å²) in [6.45, 7) is 5.69. The van der Waals surface area contributed by atoms with E-state index in [4.69, 9.17) is 9.47 Å². The Morgan fingerprint density at radius 3 is 2.48 bits per heavy atom. The average Bonchev–Trinajstić information content (AvgIpc) is 3.56. The summed E-state index contributed by atoms with van der Waals surface area (Å²) in [6.07, 6.45) is 3.85. The zero-order valence-electron chi connectivity index (χ0n) is 29.6. The summed E-state index contributed by atoms with van der Waals surface area (Å²) in [5.41, 5.74) is -0.0145. The Balaban J connectivity index is 1.20. The highest BCUT2D eigenvalue weighted by Gasteiger charge is 2.53. The van der Waals surface area contributed by atoms with E-state index in [0.717, 1.165) is 57.3 Å². The van der Waals surface area contributed by atoms with Crippen LogP contribution in [0.3, 0.4) is 0 Å². The normalized spacial score (nSPS) is 24.4. The molecule has 0 aromatic heterocycles. The molecule has 12 heteroatoms. The Labute approximate surface area is 294 Å². The van der Waals surface area contributed by atoms with Crippen molar-refractivity contribution in [3.63, 3.8) is 0 Å². The number of piperidine rings is 1. The Morgan fingerprint density at radius 1 is 1.08 bits per heavy atom. The molecular formula is C38H51F3N6O3. The summed E-state index contributed by atoms with van der Waals surface area (Å²) < 4.78 is 57.6. The standard InChI is InChI=1S/C38H51F3N6O3/c1-44(2)22-31-27(21-42)10-11-34(35(31)40)47-24-37(41,25-47)23-45-14-12-28(13-15-45)38(26-46-16-18-50-19-17-46,29-6-4-7-30(39)20-29)32-8-5-9-33(32)43-36(48)49-3/h4,6-7,10-11,20,28,32-33H,5,8-9,12-19,22-26H2,1-3H3,(H,43,48)/t32-,33-,38-/m0/s1. The number of hydrogen-bond donors (Lipinski definition) is 1. The summed E-state index contributed by atoms with van der Waals surface area (Å²) in [6, 6.07) is 12.2. The number of nitrogens with zero attached hydrogens (tertiary/aromatic N) is 5. The fraction of sp³-hybridized carbons (Fsp3) is 0.632. The number of alkyl carbamates (subject to hydrolysis) is 1. The predicted octanol–water partition coefficient (Wildman–Crippen LogP) is 4.93. The van der Waals surface area contributed by atoms with Gasteiger partial charge in [0.2, 0.25) is 0 Å². The lowest BCUT2D eigenvalue weighted by atomic mass is 9.58. The van der Waals surface area contributed by atoms with Crippen LogP contribution in [-0.2, 0) is 21.4 Å². The summed E-state index contributed by atoms with van der Waals surface area (Å²) in [5, 5.41) is 12.6. The van der Waals surface area contributed by atoms with Gasteiger partial charge < -0.3 is 24.6 Å². The van der Waals surface area contributed by atoms with E-state index >= 15 is 13.2 Å². The highest BCUT2D eigenvalue weighted by atomic mass is 19.1. The van der Waals surface area contributed by atoms with Gasteiger partial charge in [-0.15, -0.1) is 0 Å². The third-order valence-corrected chi connectivity index (χ3v) is 11.5. The number of halogens is 3. The second-order valence-electron chi connectivity index (χ2n) is 15.1. The molecule has 3 saturated heterocycles. The average molecular weight is 697 g/mol. The van der Waals surface area contributed by atoms with Gasteiger partial charge in [0.25, 0.3) is 0 Å². The first-order valence-electron chi connectivity index (χ1n) is 18.0. The number of morpholine rings is 1. The number of hydrogen-bond acceptors (Lipinski definition) is 8. The van der Waals surface area contributed by atoms with Gasteiger partial charge in [-0.05, 0) is 94.5 Å². The summed E-state index contributed by atoms with van der Waals surface area (Å²) in [4.78, 5) is 20.7. The van der Waals surface area contributed by atoms with Crippen molar-refractivity contribution in [1.29, 1.82) is 5.26 Å². The maximum Gasteiger partial charge on any atom is 0.407 e. The van der Waals surface area contributed by atoms with Crippen molar-refractivity contribution < 1.29 is 27.4 Å². The quantitative estimate of drug-likeness (QED) is 0.354. The minimum absolute atomic E-state index is 0.0650. The molecule has 3 heterocycles. The van der Waals surface area contributed by atoms with Crippen LogP contribution in [0.2, 0.25) is 0 Å². The maximum absolute atomic E-state index is 16.2. The number of alkyl halides is 1. The zero-order chi connectivity index (χ0) is 35.5. The Hall–Kier alpha value is -3.37. The van der Waals surface area contributed by atoms with Crippen molar-refractivity contribution >= 4 is 11.8 Å². The number of ether oxygens (including phenoxy) is 2. The molecule has 1 saturated carbocycles. The van der Waals surface area contributed by atoms with E-state index in [9.17, 15) is 10.1 Å². The second kappa shape index (κ2) is 15.5. The second-order valence-corrected chi connectivity index (χ2v) is 15.1. The largest absolute Gasteiger partial charge is 0.453 e. The molecule has 1 aliphatic carbocycles. The molecule has 0 unspecified atom stereocenters. The van der Waals surface area contributed by atoms with Crippen LogP contribution in [0.15, 0.2) is 36.4 Å². The van der Waals surface area contributed by atoms with E-state index in [1.54, 1.807) is 29.2 Å². The highest BCUT2D eigenvalue weighted by molar-refractivity contribution is 5.67. The van der Waals surface area contributed by atoms with Crippen LogP contribution in [0.25, 0.3) is 0 Å². The molecule has 1 N–H and O–H groups in total. The fourth-order valence-electron chi connectivity index (χ4n) is 9.30. The van der Waals surface area contributed by atoms with Crippen LogP contribution in [-0.4, -0.2) is 119 Å². The van der Waals surface area contributed by atoms with Gasteiger partial charge in [0, 0.05) is 49.7 Å². The molecule has 2 aromatic rings. The van der Waals surface area contributed by atoms with E-state index in [1.807, 2.05) is 19.0 Å². The number of nitrogens with one attached hydrogen (secondary N) is 1. The number of benzene rings is 2.